The molecule has 0 saturated carbocycles. The summed E-state index contributed by atoms with van der Waals surface area (Å²) < 4.78 is 14.5. The Bertz CT molecular complexity index is 678. The van der Waals surface area contributed by atoms with Crippen LogP contribution in [0.15, 0.2) is 34.8 Å². The molecule has 1 amide bonds. The highest BCUT2D eigenvalue weighted by Crippen LogP contribution is 2.29. The van der Waals surface area contributed by atoms with Crippen LogP contribution in [-0.4, -0.2) is 13.0 Å². The Labute approximate surface area is 131 Å². The van der Waals surface area contributed by atoms with Crippen LogP contribution in [0.5, 0.6) is 0 Å². The maximum atomic E-state index is 13.7. The smallest absolute Gasteiger partial charge is 0.257 e. The fourth-order valence-corrected chi connectivity index (χ4v) is 3.00. The van der Waals surface area contributed by atoms with Gasteiger partial charge < -0.3 is 10.6 Å². The lowest BCUT2D eigenvalue weighted by molar-refractivity contribution is 0.102. The molecule has 2 aromatic rings. The number of hydrogen-bond donors (Lipinski definition) is 2. The minimum Gasteiger partial charge on any atom is -0.385 e. The zero-order chi connectivity index (χ0) is 15.6. The predicted octanol–water partition coefficient (Wildman–Crippen LogP) is 4.50. The molecule has 21 heavy (non-hydrogen) atoms. The zero-order valence-corrected chi connectivity index (χ0v) is 13.6. The Hall–Kier alpha value is -1.88. The maximum absolute atomic E-state index is 13.7. The van der Waals surface area contributed by atoms with E-state index < -0.39 is 5.82 Å². The first kappa shape index (κ1) is 15.5. The Morgan fingerprint density at radius 3 is 2.52 bits per heavy atom. The molecule has 0 atom stereocenters. The summed E-state index contributed by atoms with van der Waals surface area (Å²) >= 11 is 3.44. The fraction of sp³-hybridized carbons (Fsp3) is 0.188. The lowest BCUT2D eigenvalue weighted by Gasteiger charge is -2.14. The fourth-order valence-electron chi connectivity index (χ4n) is 2.22. The van der Waals surface area contributed by atoms with Crippen LogP contribution in [0, 0.1) is 19.7 Å². The molecule has 0 fully saturated rings. The van der Waals surface area contributed by atoms with Crippen LogP contribution in [0.2, 0.25) is 0 Å². The number of para-hydroxylation sites is 1. The molecule has 0 radical (unpaired) electrons. The molecule has 0 aliphatic carbocycles. The Balaban J connectivity index is 2.38. The molecule has 110 valence electrons. The van der Waals surface area contributed by atoms with Crippen LogP contribution in [0.3, 0.4) is 0 Å². The van der Waals surface area contributed by atoms with E-state index in [9.17, 15) is 9.18 Å². The SMILES string of the molecule is CNc1c(F)cccc1C(=O)Nc1c(C)cc(C)cc1Br. The summed E-state index contributed by atoms with van der Waals surface area (Å²) in [7, 11) is 1.59. The van der Waals surface area contributed by atoms with Gasteiger partial charge in [0.05, 0.1) is 16.9 Å². The number of nitrogens with one attached hydrogen (secondary N) is 2. The van der Waals surface area contributed by atoms with E-state index >= 15 is 0 Å². The molecule has 0 aromatic heterocycles. The molecule has 2 rings (SSSR count). The van der Waals surface area contributed by atoms with Gasteiger partial charge in [0.1, 0.15) is 5.82 Å². The van der Waals surface area contributed by atoms with Crippen LogP contribution in [0.4, 0.5) is 15.8 Å². The second kappa shape index (κ2) is 6.26. The van der Waals surface area contributed by atoms with Crippen molar-refractivity contribution in [2.45, 2.75) is 13.8 Å². The van der Waals surface area contributed by atoms with Crippen molar-refractivity contribution < 1.29 is 9.18 Å². The van der Waals surface area contributed by atoms with Gasteiger partial charge in [-0.25, -0.2) is 4.39 Å². The molecule has 2 aromatic carbocycles. The molecule has 0 spiro atoms. The third-order valence-corrected chi connectivity index (χ3v) is 3.80. The van der Waals surface area contributed by atoms with E-state index in [1.807, 2.05) is 26.0 Å². The average Bonchev–Trinajstić information content (AvgIpc) is 2.42. The molecular formula is C16H16BrFN2O. The van der Waals surface area contributed by atoms with Crippen molar-refractivity contribution in [2.24, 2.45) is 0 Å². The number of rotatable bonds is 3. The van der Waals surface area contributed by atoms with Crippen molar-refractivity contribution in [2.75, 3.05) is 17.7 Å². The number of halogens is 2. The van der Waals surface area contributed by atoms with Gasteiger partial charge in [-0.1, -0.05) is 12.1 Å². The number of benzene rings is 2. The summed E-state index contributed by atoms with van der Waals surface area (Å²) in [5, 5.41) is 5.55. The normalized spacial score (nSPS) is 10.3. The van der Waals surface area contributed by atoms with Gasteiger partial charge in [0, 0.05) is 11.5 Å². The molecule has 0 aliphatic heterocycles. The van der Waals surface area contributed by atoms with Crippen molar-refractivity contribution in [1.29, 1.82) is 0 Å². The van der Waals surface area contributed by atoms with E-state index in [0.717, 1.165) is 15.6 Å². The van der Waals surface area contributed by atoms with Gasteiger partial charge in [0.25, 0.3) is 5.91 Å². The predicted molar refractivity (Wildman–Crippen MR) is 87.5 cm³/mol. The molecule has 3 nitrogen and oxygen atoms in total. The summed E-state index contributed by atoms with van der Waals surface area (Å²) in [6.07, 6.45) is 0. The third-order valence-electron chi connectivity index (χ3n) is 3.18. The van der Waals surface area contributed by atoms with Crippen LogP contribution >= 0.6 is 15.9 Å². The molecule has 2 N–H and O–H groups in total. The topological polar surface area (TPSA) is 41.1 Å². The molecule has 5 heteroatoms. The van der Waals surface area contributed by atoms with Crippen molar-refractivity contribution >= 4 is 33.2 Å². The van der Waals surface area contributed by atoms with Gasteiger partial charge in [-0.3, -0.25) is 4.79 Å². The lowest BCUT2D eigenvalue weighted by atomic mass is 10.1. The van der Waals surface area contributed by atoms with Crippen molar-refractivity contribution in [3.05, 3.63) is 57.3 Å². The van der Waals surface area contributed by atoms with E-state index in [4.69, 9.17) is 0 Å². The van der Waals surface area contributed by atoms with Gasteiger partial charge in [-0.15, -0.1) is 0 Å². The van der Waals surface area contributed by atoms with E-state index in [1.165, 1.54) is 12.1 Å². The minimum atomic E-state index is -0.454. The minimum absolute atomic E-state index is 0.191. The Kier molecular flexibility index (Phi) is 4.63. The first-order chi connectivity index (χ1) is 9.93. The first-order valence-electron chi connectivity index (χ1n) is 6.48. The maximum Gasteiger partial charge on any atom is 0.257 e. The van der Waals surface area contributed by atoms with Gasteiger partial charge in [0.15, 0.2) is 0 Å². The molecule has 0 aliphatic rings. The number of amides is 1. The molecule has 0 saturated heterocycles. The van der Waals surface area contributed by atoms with E-state index in [2.05, 4.69) is 26.6 Å². The van der Waals surface area contributed by atoms with E-state index in [1.54, 1.807) is 13.1 Å². The van der Waals surface area contributed by atoms with Gasteiger partial charge in [-0.05, 0) is 59.1 Å². The van der Waals surface area contributed by atoms with Gasteiger partial charge in [-0.2, -0.15) is 0 Å². The zero-order valence-electron chi connectivity index (χ0n) is 12.1. The Morgan fingerprint density at radius 1 is 1.19 bits per heavy atom. The standard InChI is InChI=1S/C16H16BrFN2O/c1-9-7-10(2)14(12(17)8-9)20-16(21)11-5-4-6-13(18)15(11)19-3/h4-8,19H,1-3H3,(H,20,21). The van der Waals surface area contributed by atoms with Gasteiger partial charge in [0.2, 0.25) is 0 Å². The summed E-state index contributed by atoms with van der Waals surface area (Å²) in [5.41, 5.74) is 3.19. The van der Waals surface area contributed by atoms with Crippen molar-refractivity contribution in [3.8, 4) is 0 Å². The van der Waals surface area contributed by atoms with Crippen LogP contribution < -0.4 is 10.6 Å². The van der Waals surface area contributed by atoms with Crippen molar-refractivity contribution in [1.82, 2.24) is 0 Å². The van der Waals surface area contributed by atoms with Crippen LogP contribution in [-0.2, 0) is 0 Å². The highest BCUT2D eigenvalue weighted by molar-refractivity contribution is 9.10. The number of carbonyl (C=O) groups excluding carboxylic acids is 1. The number of anilines is 2. The van der Waals surface area contributed by atoms with E-state index in [-0.39, 0.29) is 17.2 Å². The molecule has 0 unspecified atom stereocenters. The molecule has 0 bridgehead atoms. The quantitative estimate of drug-likeness (QED) is 0.855. The molecular weight excluding hydrogens is 335 g/mol. The largest absolute Gasteiger partial charge is 0.385 e. The monoisotopic (exact) mass is 350 g/mol. The highest BCUT2D eigenvalue weighted by Gasteiger charge is 2.16. The van der Waals surface area contributed by atoms with E-state index in [0.29, 0.717) is 5.69 Å². The number of hydrogen-bond acceptors (Lipinski definition) is 2. The summed E-state index contributed by atoms with van der Waals surface area (Å²) in [5.74, 6) is -0.809. The first-order valence-corrected chi connectivity index (χ1v) is 7.27. The number of carbonyl (C=O) groups is 1. The second-order valence-corrected chi connectivity index (χ2v) is 5.66. The number of aryl methyl sites for hydroxylation is 2. The van der Waals surface area contributed by atoms with Crippen molar-refractivity contribution in [3.63, 3.8) is 0 Å². The highest BCUT2D eigenvalue weighted by atomic mass is 79.9. The third kappa shape index (κ3) is 3.24. The van der Waals surface area contributed by atoms with Crippen LogP contribution in [0.25, 0.3) is 0 Å². The summed E-state index contributed by atoms with van der Waals surface area (Å²) in [4.78, 5) is 12.4. The van der Waals surface area contributed by atoms with Crippen LogP contribution in [0.1, 0.15) is 21.5 Å². The average molecular weight is 351 g/mol. The van der Waals surface area contributed by atoms with Gasteiger partial charge >= 0.3 is 0 Å². The second-order valence-electron chi connectivity index (χ2n) is 4.81. The lowest BCUT2D eigenvalue weighted by Crippen LogP contribution is -2.16. The molecule has 0 heterocycles. The Morgan fingerprint density at radius 2 is 1.90 bits per heavy atom. The summed E-state index contributed by atoms with van der Waals surface area (Å²) in [6, 6.07) is 8.32. The summed E-state index contributed by atoms with van der Waals surface area (Å²) in [6.45, 7) is 3.90.